The minimum absolute atomic E-state index is 0.760. The normalized spacial score (nSPS) is 10.8. The van der Waals surface area contributed by atoms with Crippen molar-refractivity contribution in [3.8, 4) is 0 Å². The van der Waals surface area contributed by atoms with E-state index >= 15 is 0 Å². The van der Waals surface area contributed by atoms with Crippen molar-refractivity contribution in [1.29, 1.82) is 0 Å². The van der Waals surface area contributed by atoms with Gasteiger partial charge in [-0.15, -0.1) is 0 Å². The fourth-order valence-electron chi connectivity index (χ4n) is 2.51. The van der Waals surface area contributed by atoms with Crippen molar-refractivity contribution in [2.45, 2.75) is 6.54 Å². The minimum Gasteiger partial charge on any atom is -0.379 e. The summed E-state index contributed by atoms with van der Waals surface area (Å²) in [5.74, 6) is 0.963. The summed E-state index contributed by atoms with van der Waals surface area (Å²) in [5.41, 5.74) is 2.29. The zero-order valence-electron chi connectivity index (χ0n) is 12.7. The molecule has 0 saturated carbocycles. The lowest BCUT2D eigenvalue weighted by Crippen LogP contribution is -2.15. The van der Waals surface area contributed by atoms with E-state index in [1.165, 1.54) is 10.8 Å². The summed E-state index contributed by atoms with van der Waals surface area (Å²) >= 11 is 0. The molecule has 0 fully saturated rings. The number of aromatic nitrogens is 2. The van der Waals surface area contributed by atoms with Gasteiger partial charge in [0.2, 0.25) is 5.95 Å². The van der Waals surface area contributed by atoms with Crippen LogP contribution in [-0.4, -0.2) is 23.6 Å². The lowest BCUT2D eigenvalue weighted by atomic mass is 10.1. The maximum atomic E-state index is 4.43. The van der Waals surface area contributed by atoms with Crippen molar-refractivity contribution in [3.05, 3.63) is 54.4 Å². The van der Waals surface area contributed by atoms with Crippen molar-refractivity contribution < 1.29 is 0 Å². The van der Waals surface area contributed by atoms with Gasteiger partial charge in [0.25, 0.3) is 0 Å². The van der Waals surface area contributed by atoms with Gasteiger partial charge in [0.15, 0.2) is 0 Å². The van der Waals surface area contributed by atoms with Crippen molar-refractivity contribution in [2.24, 2.45) is 7.05 Å². The van der Waals surface area contributed by atoms with E-state index in [9.17, 15) is 0 Å². The van der Waals surface area contributed by atoms with Crippen LogP contribution in [0.15, 0.2) is 48.7 Å². The molecule has 1 aromatic heterocycles. The van der Waals surface area contributed by atoms with Crippen molar-refractivity contribution in [2.75, 3.05) is 24.3 Å². The fourth-order valence-corrected chi connectivity index (χ4v) is 2.51. The first-order valence-electron chi connectivity index (χ1n) is 7.06. The number of hydrogen-bond donors (Lipinski definition) is 1. The summed E-state index contributed by atoms with van der Waals surface area (Å²) in [7, 11) is 6.05. The Balaban J connectivity index is 1.77. The highest BCUT2D eigenvalue weighted by atomic mass is 15.3. The number of benzene rings is 2. The largest absolute Gasteiger partial charge is 0.379 e. The van der Waals surface area contributed by atoms with Crippen LogP contribution in [0.5, 0.6) is 0 Å². The van der Waals surface area contributed by atoms with Crippen molar-refractivity contribution in [3.63, 3.8) is 0 Å². The third-order valence-corrected chi connectivity index (χ3v) is 3.68. The second kappa shape index (κ2) is 5.48. The van der Waals surface area contributed by atoms with Gasteiger partial charge in [0.1, 0.15) is 0 Å². The number of anilines is 2. The molecule has 108 valence electrons. The van der Waals surface area contributed by atoms with Crippen LogP contribution in [0, 0.1) is 0 Å². The Morgan fingerprint density at radius 3 is 2.57 bits per heavy atom. The van der Waals surface area contributed by atoms with Gasteiger partial charge < -0.3 is 14.8 Å². The summed E-state index contributed by atoms with van der Waals surface area (Å²) < 4.78 is 2.11. The van der Waals surface area contributed by atoms with E-state index in [-0.39, 0.29) is 0 Å². The molecule has 3 aromatic rings. The predicted octanol–water partition coefficient (Wildman–Crippen LogP) is 3.25. The molecule has 4 nitrogen and oxygen atoms in total. The second-order valence-electron chi connectivity index (χ2n) is 5.42. The van der Waals surface area contributed by atoms with Crippen LogP contribution in [0.1, 0.15) is 5.69 Å². The average Bonchev–Trinajstić information content (AvgIpc) is 2.86. The molecule has 0 aliphatic carbocycles. The molecular weight excluding hydrogens is 260 g/mol. The van der Waals surface area contributed by atoms with E-state index in [0.717, 1.165) is 23.9 Å². The molecule has 0 radical (unpaired) electrons. The molecule has 0 aliphatic rings. The Kier molecular flexibility index (Phi) is 3.52. The smallest absolute Gasteiger partial charge is 0.204 e. The molecule has 4 heteroatoms. The highest BCUT2D eigenvalue weighted by Gasteiger charge is 2.07. The molecule has 21 heavy (non-hydrogen) atoms. The van der Waals surface area contributed by atoms with E-state index in [1.54, 1.807) is 0 Å². The summed E-state index contributed by atoms with van der Waals surface area (Å²) in [6.07, 6.45) is 1.92. The van der Waals surface area contributed by atoms with Crippen LogP contribution in [-0.2, 0) is 13.6 Å². The molecule has 0 atom stereocenters. The number of imidazole rings is 1. The van der Waals surface area contributed by atoms with E-state index in [0.29, 0.717) is 0 Å². The molecule has 0 unspecified atom stereocenters. The van der Waals surface area contributed by atoms with Gasteiger partial charge in [-0.2, -0.15) is 0 Å². The summed E-state index contributed by atoms with van der Waals surface area (Å²) in [4.78, 5) is 6.44. The van der Waals surface area contributed by atoms with Crippen LogP contribution in [0.3, 0.4) is 0 Å². The summed E-state index contributed by atoms with van der Waals surface area (Å²) in [5, 5.41) is 5.98. The van der Waals surface area contributed by atoms with Crippen LogP contribution < -0.4 is 10.2 Å². The first kappa shape index (κ1) is 13.5. The maximum Gasteiger partial charge on any atom is 0.204 e. The Bertz CT molecular complexity index is 758. The zero-order chi connectivity index (χ0) is 14.8. The fraction of sp³-hybridized carbons (Fsp3) is 0.235. The monoisotopic (exact) mass is 280 g/mol. The molecule has 1 heterocycles. The van der Waals surface area contributed by atoms with Crippen LogP contribution >= 0.6 is 0 Å². The Hall–Kier alpha value is -2.49. The first-order valence-corrected chi connectivity index (χ1v) is 7.06. The molecule has 0 aliphatic heterocycles. The number of rotatable bonds is 4. The highest BCUT2D eigenvalue weighted by Crippen LogP contribution is 2.20. The third-order valence-electron chi connectivity index (χ3n) is 3.68. The molecular formula is C17H20N4. The highest BCUT2D eigenvalue weighted by molar-refractivity contribution is 5.85. The molecule has 0 saturated heterocycles. The number of nitrogens with one attached hydrogen (secondary N) is 1. The SMILES string of the molecule is CN(C)c1ncc(CNc2ccc3ccccc3c2)n1C. The molecule has 2 aromatic carbocycles. The molecule has 0 amide bonds. The van der Waals surface area contributed by atoms with Crippen LogP contribution in [0.4, 0.5) is 11.6 Å². The third kappa shape index (κ3) is 2.70. The quantitative estimate of drug-likeness (QED) is 0.796. The average molecular weight is 280 g/mol. The molecule has 1 N–H and O–H groups in total. The minimum atomic E-state index is 0.760. The van der Waals surface area contributed by atoms with E-state index in [1.807, 2.05) is 32.2 Å². The van der Waals surface area contributed by atoms with Gasteiger partial charge in [-0.3, -0.25) is 0 Å². The van der Waals surface area contributed by atoms with Crippen LogP contribution in [0.25, 0.3) is 10.8 Å². The van der Waals surface area contributed by atoms with Gasteiger partial charge in [-0.05, 0) is 22.9 Å². The molecule has 0 spiro atoms. The molecule has 0 bridgehead atoms. The summed E-state index contributed by atoms with van der Waals surface area (Å²) in [6.45, 7) is 0.760. The number of fused-ring (bicyclic) bond motifs is 1. The predicted molar refractivity (Wildman–Crippen MR) is 88.8 cm³/mol. The van der Waals surface area contributed by atoms with Crippen LogP contribution in [0.2, 0.25) is 0 Å². The number of hydrogen-bond acceptors (Lipinski definition) is 3. The van der Waals surface area contributed by atoms with Crippen molar-refractivity contribution >= 4 is 22.4 Å². The van der Waals surface area contributed by atoms with Crippen molar-refractivity contribution in [1.82, 2.24) is 9.55 Å². The standard InChI is InChI=1S/C17H20N4/c1-20(2)17-19-12-16(21(17)3)11-18-15-9-8-13-6-4-5-7-14(13)10-15/h4-10,12,18H,11H2,1-3H3. The van der Waals surface area contributed by atoms with E-state index < -0.39 is 0 Å². The van der Waals surface area contributed by atoms with E-state index in [2.05, 4.69) is 57.3 Å². The number of nitrogens with zero attached hydrogens (tertiary/aromatic N) is 3. The maximum absolute atomic E-state index is 4.43. The Labute approximate surface area is 125 Å². The van der Waals surface area contributed by atoms with Gasteiger partial charge in [-0.25, -0.2) is 4.98 Å². The zero-order valence-corrected chi connectivity index (χ0v) is 12.7. The van der Waals surface area contributed by atoms with Gasteiger partial charge in [0.05, 0.1) is 18.4 Å². The topological polar surface area (TPSA) is 33.1 Å². The Morgan fingerprint density at radius 2 is 1.86 bits per heavy atom. The first-order chi connectivity index (χ1) is 10.1. The Morgan fingerprint density at radius 1 is 1.10 bits per heavy atom. The molecule has 3 rings (SSSR count). The second-order valence-corrected chi connectivity index (χ2v) is 5.42. The van der Waals surface area contributed by atoms with Gasteiger partial charge in [-0.1, -0.05) is 30.3 Å². The lowest BCUT2D eigenvalue weighted by molar-refractivity contribution is 0.814. The van der Waals surface area contributed by atoms with E-state index in [4.69, 9.17) is 0 Å². The van der Waals surface area contributed by atoms with Gasteiger partial charge in [0, 0.05) is 26.8 Å². The van der Waals surface area contributed by atoms with Gasteiger partial charge >= 0.3 is 0 Å². The lowest BCUT2D eigenvalue weighted by Gasteiger charge is -2.13. The summed E-state index contributed by atoms with van der Waals surface area (Å²) in [6, 6.07) is 14.8.